The number of anilines is 1. The van der Waals surface area contributed by atoms with E-state index in [1.807, 2.05) is 19.1 Å². The van der Waals surface area contributed by atoms with E-state index in [4.69, 9.17) is 0 Å². The third kappa shape index (κ3) is 4.15. The highest BCUT2D eigenvalue weighted by atomic mass is 32.1. The van der Waals surface area contributed by atoms with E-state index in [0.717, 1.165) is 40.7 Å². The lowest BCUT2D eigenvalue weighted by atomic mass is 10.1. The third-order valence-electron chi connectivity index (χ3n) is 4.68. The summed E-state index contributed by atoms with van der Waals surface area (Å²) >= 11 is 3.37. The molecule has 3 aromatic rings. The van der Waals surface area contributed by atoms with E-state index >= 15 is 0 Å². The van der Waals surface area contributed by atoms with Crippen LogP contribution in [0.25, 0.3) is 10.6 Å². The van der Waals surface area contributed by atoms with Crippen LogP contribution >= 0.6 is 22.7 Å². The van der Waals surface area contributed by atoms with E-state index in [2.05, 4.69) is 27.8 Å². The number of hydrogen-bond acceptors (Lipinski definition) is 5. The molecule has 0 atom stereocenters. The molecule has 1 N–H and O–H groups in total. The topological polar surface area (TPSA) is 62.3 Å². The Labute approximate surface area is 172 Å². The van der Waals surface area contributed by atoms with Gasteiger partial charge in [0.05, 0.1) is 15.6 Å². The quantitative estimate of drug-likeness (QED) is 0.659. The Morgan fingerprint density at radius 3 is 2.93 bits per heavy atom. The molecule has 1 saturated heterocycles. The van der Waals surface area contributed by atoms with Gasteiger partial charge in [0.15, 0.2) is 0 Å². The second-order valence-electron chi connectivity index (χ2n) is 6.72. The van der Waals surface area contributed by atoms with Crippen molar-refractivity contribution in [3.8, 4) is 10.6 Å². The van der Waals surface area contributed by atoms with Crippen LogP contribution in [0.5, 0.6) is 0 Å². The predicted molar refractivity (Wildman–Crippen MR) is 114 cm³/mol. The van der Waals surface area contributed by atoms with E-state index in [-0.39, 0.29) is 11.8 Å². The summed E-state index contributed by atoms with van der Waals surface area (Å²) in [5.74, 6) is 0.0155. The number of carbonyl (C=O) groups excluding carboxylic acids is 2. The first-order valence-electron chi connectivity index (χ1n) is 9.30. The van der Waals surface area contributed by atoms with Crippen molar-refractivity contribution < 1.29 is 9.59 Å². The van der Waals surface area contributed by atoms with E-state index < -0.39 is 0 Å². The number of nitrogens with zero attached hydrogens (tertiary/aromatic N) is 2. The molecular formula is C21H21N3O2S2. The van der Waals surface area contributed by atoms with Crippen LogP contribution in [-0.2, 0) is 11.2 Å². The molecule has 0 bridgehead atoms. The van der Waals surface area contributed by atoms with Crippen LogP contribution in [0.4, 0.5) is 5.69 Å². The summed E-state index contributed by atoms with van der Waals surface area (Å²) in [4.78, 5) is 33.1. The molecule has 0 aliphatic carbocycles. The zero-order chi connectivity index (χ0) is 19.5. The average molecular weight is 412 g/mol. The van der Waals surface area contributed by atoms with Gasteiger partial charge in [0.25, 0.3) is 5.91 Å². The first kappa shape index (κ1) is 18.8. The highest BCUT2D eigenvalue weighted by Gasteiger charge is 2.22. The van der Waals surface area contributed by atoms with Crippen molar-refractivity contribution >= 4 is 40.2 Å². The second kappa shape index (κ2) is 8.24. The molecule has 0 unspecified atom stereocenters. The Hall–Kier alpha value is -2.51. The zero-order valence-electron chi connectivity index (χ0n) is 15.6. The van der Waals surface area contributed by atoms with Gasteiger partial charge < -0.3 is 10.2 Å². The number of nitrogens with one attached hydrogen (secondary N) is 1. The van der Waals surface area contributed by atoms with Crippen LogP contribution in [0.15, 0.2) is 41.8 Å². The predicted octanol–water partition coefficient (Wildman–Crippen LogP) is 4.28. The van der Waals surface area contributed by atoms with Gasteiger partial charge >= 0.3 is 0 Å². The van der Waals surface area contributed by atoms with Gasteiger partial charge in [-0.1, -0.05) is 6.07 Å². The van der Waals surface area contributed by atoms with Crippen LogP contribution in [0.3, 0.4) is 0 Å². The molecule has 3 heterocycles. The highest BCUT2D eigenvalue weighted by molar-refractivity contribution is 7.16. The van der Waals surface area contributed by atoms with Crippen LogP contribution < -0.4 is 10.2 Å². The number of amides is 2. The van der Waals surface area contributed by atoms with Crippen molar-refractivity contribution in [2.75, 3.05) is 18.0 Å². The average Bonchev–Trinajstić information content (AvgIpc) is 3.43. The minimum absolute atomic E-state index is 0.111. The number of aryl methyl sites for hydroxylation is 1. The molecule has 28 heavy (non-hydrogen) atoms. The molecule has 5 nitrogen and oxygen atoms in total. The molecule has 1 fully saturated rings. The fourth-order valence-electron chi connectivity index (χ4n) is 3.26. The number of thiophene rings is 1. The van der Waals surface area contributed by atoms with Gasteiger partial charge in [-0.25, -0.2) is 4.98 Å². The smallest absolute Gasteiger partial charge is 0.251 e. The first-order chi connectivity index (χ1) is 13.6. The SMILES string of the molecule is Cc1nc(-c2ccc(CCNC(=O)c3cccc(N4CCCC4=O)c3)s2)cs1. The zero-order valence-corrected chi connectivity index (χ0v) is 17.2. The van der Waals surface area contributed by atoms with E-state index in [1.165, 1.54) is 4.88 Å². The number of benzene rings is 1. The van der Waals surface area contributed by atoms with Crippen molar-refractivity contribution in [1.29, 1.82) is 0 Å². The van der Waals surface area contributed by atoms with Crippen LogP contribution in [0.2, 0.25) is 0 Å². The molecule has 2 aromatic heterocycles. The molecule has 2 amide bonds. The molecule has 144 valence electrons. The van der Waals surface area contributed by atoms with Gasteiger partial charge in [0, 0.05) is 41.0 Å². The normalized spacial score (nSPS) is 13.9. The Morgan fingerprint density at radius 1 is 1.29 bits per heavy atom. The summed E-state index contributed by atoms with van der Waals surface area (Å²) in [5, 5.41) is 6.12. The maximum atomic E-state index is 12.5. The standard InChI is InChI=1S/C21H21N3O2S2/c1-14-23-18(13-27-14)19-8-7-17(28-19)9-10-22-21(26)15-4-2-5-16(12-15)24-11-3-6-20(24)25/h2,4-5,7-8,12-13H,3,6,9-11H2,1H3,(H,22,26). The number of hydrogen-bond donors (Lipinski definition) is 1. The molecule has 0 saturated carbocycles. The molecule has 0 spiro atoms. The second-order valence-corrected chi connectivity index (χ2v) is 8.95. The lowest BCUT2D eigenvalue weighted by Crippen LogP contribution is -2.27. The largest absolute Gasteiger partial charge is 0.352 e. The van der Waals surface area contributed by atoms with E-state index in [0.29, 0.717) is 18.5 Å². The fraction of sp³-hybridized carbons (Fsp3) is 0.286. The van der Waals surface area contributed by atoms with Gasteiger partial charge in [-0.05, 0) is 50.1 Å². The number of carbonyl (C=O) groups is 2. The van der Waals surface area contributed by atoms with Crippen molar-refractivity contribution in [3.05, 3.63) is 57.2 Å². The fourth-order valence-corrected chi connectivity index (χ4v) is 4.92. The summed E-state index contributed by atoms with van der Waals surface area (Å²) in [6.45, 7) is 3.30. The summed E-state index contributed by atoms with van der Waals surface area (Å²) in [6, 6.07) is 11.5. The number of thiazole rings is 1. The van der Waals surface area contributed by atoms with E-state index in [1.54, 1.807) is 39.7 Å². The molecule has 7 heteroatoms. The van der Waals surface area contributed by atoms with Gasteiger partial charge in [0.1, 0.15) is 0 Å². The van der Waals surface area contributed by atoms with Crippen molar-refractivity contribution in [1.82, 2.24) is 10.3 Å². The lowest BCUT2D eigenvalue weighted by Gasteiger charge is -2.16. The van der Waals surface area contributed by atoms with Gasteiger partial charge in [-0.15, -0.1) is 22.7 Å². The molecule has 1 aromatic carbocycles. The molecular weight excluding hydrogens is 390 g/mol. The van der Waals surface area contributed by atoms with Gasteiger partial charge in [-0.2, -0.15) is 0 Å². The van der Waals surface area contributed by atoms with Crippen molar-refractivity contribution in [2.45, 2.75) is 26.2 Å². The van der Waals surface area contributed by atoms with Gasteiger partial charge in [-0.3, -0.25) is 9.59 Å². The minimum atomic E-state index is -0.111. The van der Waals surface area contributed by atoms with Gasteiger partial charge in [0.2, 0.25) is 5.91 Å². The Kier molecular flexibility index (Phi) is 5.54. The van der Waals surface area contributed by atoms with Crippen LogP contribution in [0, 0.1) is 6.92 Å². The number of aromatic nitrogens is 1. The Balaban J connectivity index is 1.34. The molecule has 1 aliphatic rings. The molecule has 1 aliphatic heterocycles. The number of rotatable bonds is 6. The Morgan fingerprint density at radius 2 is 2.18 bits per heavy atom. The summed E-state index contributed by atoms with van der Waals surface area (Å²) in [7, 11) is 0. The summed E-state index contributed by atoms with van der Waals surface area (Å²) < 4.78 is 0. The van der Waals surface area contributed by atoms with Crippen LogP contribution in [0.1, 0.15) is 33.1 Å². The molecule has 0 radical (unpaired) electrons. The Bertz CT molecular complexity index is 1010. The maximum absolute atomic E-state index is 12.5. The monoisotopic (exact) mass is 411 g/mol. The summed E-state index contributed by atoms with van der Waals surface area (Å²) in [5.41, 5.74) is 2.41. The van der Waals surface area contributed by atoms with Crippen molar-refractivity contribution in [3.63, 3.8) is 0 Å². The van der Waals surface area contributed by atoms with Crippen LogP contribution in [-0.4, -0.2) is 29.9 Å². The third-order valence-corrected chi connectivity index (χ3v) is 6.62. The molecule has 4 rings (SSSR count). The van der Waals surface area contributed by atoms with Crippen molar-refractivity contribution in [2.24, 2.45) is 0 Å². The minimum Gasteiger partial charge on any atom is -0.352 e. The highest BCUT2D eigenvalue weighted by Crippen LogP contribution is 2.29. The first-order valence-corrected chi connectivity index (χ1v) is 11.0. The lowest BCUT2D eigenvalue weighted by molar-refractivity contribution is -0.117. The van der Waals surface area contributed by atoms with E-state index in [9.17, 15) is 9.59 Å². The summed E-state index contributed by atoms with van der Waals surface area (Å²) in [6.07, 6.45) is 2.24. The maximum Gasteiger partial charge on any atom is 0.251 e.